The van der Waals surface area contributed by atoms with Crippen molar-refractivity contribution in [3.8, 4) is 0 Å². The minimum Gasteiger partial charge on any atom is -0.477 e. The van der Waals surface area contributed by atoms with Crippen LogP contribution in [0.1, 0.15) is 9.67 Å². The van der Waals surface area contributed by atoms with Crippen LogP contribution in [0.3, 0.4) is 0 Å². The molecule has 1 fully saturated rings. The van der Waals surface area contributed by atoms with E-state index < -0.39 is 5.97 Å². The van der Waals surface area contributed by atoms with Gasteiger partial charge in [-0.3, -0.25) is 0 Å². The van der Waals surface area contributed by atoms with Crippen molar-refractivity contribution in [2.45, 2.75) is 0 Å². The van der Waals surface area contributed by atoms with Gasteiger partial charge in [-0.2, -0.15) is 0 Å². The highest BCUT2D eigenvalue weighted by Crippen LogP contribution is 2.33. The molecule has 0 spiro atoms. The highest BCUT2D eigenvalue weighted by molar-refractivity contribution is 7.20. The Bertz CT molecular complexity index is 593. The fraction of sp³-hybridized carbons (Fsp3) is 0.308. The van der Waals surface area contributed by atoms with Gasteiger partial charge in [-0.1, -0.05) is 6.07 Å². The van der Waals surface area contributed by atoms with Crippen molar-refractivity contribution < 1.29 is 9.90 Å². The summed E-state index contributed by atoms with van der Waals surface area (Å²) < 4.78 is 1.04. The van der Waals surface area contributed by atoms with Crippen molar-refractivity contribution in [3.05, 3.63) is 29.1 Å². The van der Waals surface area contributed by atoms with Crippen molar-refractivity contribution in [1.82, 2.24) is 5.32 Å². The summed E-state index contributed by atoms with van der Waals surface area (Å²) in [5, 5.41) is 13.5. The van der Waals surface area contributed by atoms with E-state index in [2.05, 4.69) is 16.3 Å². The number of rotatable bonds is 2. The zero-order chi connectivity index (χ0) is 12.5. The highest BCUT2D eigenvalue weighted by Gasteiger charge is 2.16. The number of carbonyl (C=O) groups is 1. The lowest BCUT2D eigenvalue weighted by Crippen LogP contribution is -2.43. The molecule has 6 heteroatoms. The maximum absolute atomic E-state index is 11.0. The standard InChI is InChI=1S/C13H14N2O2S.ClH/c16-13(17)12-8-9-10(2-1-3-11(9)18-12)15-6-4-14-5-7-15;/h1-3,8,14H,4-7H2,(H,16,17);1H. The minimum atomic E-state index is -0.845. The number of piperazine rings is 1. The number of hydrogen-bond acceptors (Lipinski definition) is 4. The van der Waals surface area contributed by atoms with Gasteiger partial charge in [0.25, 0.3) is 0 Å². The van der Waals surface area contributed by atoms with Crippen LogP contribution < -0.4 is 10.2 Å². The fourth-order valence-corrected chi connectivity index (χ4v) is 3.25. The number of aromatic carboxylic acids is 1. The van der Waals surface area contributed by atoms with Crippen LogP contribution in [0, 0.1) is 0 Å². The molecule has 102 valence electrons. The van der Waals surface area contributed by atoms with E-state index in [9.17, 15) is 4.79 Å². The summed E-state index contributed by atoms with van der Waals surface area (Å²) in [6.07, 6.45) is 0. The average molecular weight is 299 g/mol. The molecule has 0 atom stereocenters. The summed E-state index contributed by atoms with van der Waals surface area (Å²) >= 11 is 1.34. The first-order valence-corrected chi connectivity index (χ1v) is 6.79. The van der Waals surface area contributed by atoms with Gasteiger partial charge in [-0.25, -0.2) is 4.79 Å². The monoisotopic (exact) mass is 298 g/mol. The van der Waals surface area contributed by atoms with Gasteiger partial charge >= 0.3 is 5.97 Å². The predicted octanol–water partition coefficient (Wildman–Crippen LogP) is 2.43. The molecule has 2 heterocycles. The van der Waals surface area contributed by atoms with Gasteiger partial charge in [0.1, 0.15) is 4.88 Å². The molecule has 0 saturated carbocycles. The van der Waals surface area contributed by atoms with Gasteiger partial charge in [0.2, 0.25) is 0 Å². The van der Waals surface area contributed by atoms with E-state index in [1.807, 2.05) is 12.1 Å². The summed E-state index contributed by atoms with van der Waals surface area (Å²) in [4.78, 5) is 13.8. The van der Waals surface area contributed by atoms with E-state index in [4.69, 9.17) is 5.11 Å². The Balaban J connectivity index is 0.00000133. The molecule has 2 aromatic rings. The number of carboxylic acid groups (broad SMARTS) is 1. The molecule has 1 aromatic carbocycles. The second kappa shape index (κ2) is 5.77. The third-order valence-corrected chi connectivity index (χ3v) is 4.30. The number of nitrogens with zero attached hydrogens (tertiary/aromatic N) is 1. The number of benzene rings is 1. The third kappa shape index (κ3) is 2.68. The maximum atomic E-state index is 11.0. The summed E-state index contributed by atoms with van der Waals surface area (Å²) in [6, 6.07) is 7.85. The van der Waals surface area contributed by atoms with Crippen molar-refractivity contribution in [2.75, 3.05) is 31.1 Å². The van der Waals surface area contributed by atoms with Crippen LogP contribution in [0.2, 0.25) is 0 Å². The van der Waals surface area contributed by atoms with E-state index in [1.54, 1.807) is 6.07 Å². The van der Waals surface area contributed by atoms with Crippen LogP contribution in [0.4, 0.5) is 5.69 Å². The molecule has 0 unspecified atom stereocenters. The molecule has 1 aliphatic heterocycles. The predicted molar refractivity (Wildman–Crippen MR) is 81.1 cm³/mol. The molecule has 1 saturated heterocycles. The van der Waals surface area contributed by atoms with Crippen LogP contribution in [-0.2, 0) is 0 Å². The van der Waals surface area contributed by atoms with Gasteiger partial charge in [0.15, 0.2) is 0 Å². The minimum absolute atomic E-state index is 0. The van der Waals surface area contributed by atoms with E-state index in [-0.39, 0.29) is 12.4 Å². The number of thiophene rings is 1. The molecule has 1 aliphatic rings. The van der Waals surface area contributed by atoms with Gasteiger partial charge in [0, 0.05) is 42.0 Å². The number of anilines is 1. The average Bonchev–Trinajstić information content (AvgIpc) is 2.83. The highest BCUT2D eigenvalue weighted by atomic mass is 35.5. The van der Waals surface area contributed by atoms with E-state index >= 15 is 0 Å². The molecule has 1 aromatic heterocycles. The SMILES string of the molecule is Cl.O=C(O)c1cc2c(N3CCNCC3)cccc2s1. The molecule has 0 radical (unpaired) electrons. The number of halogens is 1. The normalized spacial score (nSPS) is 15.3. The Morgan fingerprint density at radius 2 is 2.05 bits per heavy atom. The Morgan fingerprint density at radius 3 is 2.74 bits per heavy atom. The first-order valence-electron chi connectivity index (χ1n) is 5.97. The van der Waals surface area contributed by atoms with Crippen LogP contribution in [-0.4, -0.2) is 37.3 Å². The largest absolute Gasteiger partial charge is 0.477 e. The van der Waals surface area contributed by atoms with Crippen molar-refractivity contribution >= 4 is 45.5 Å². The summed E-state index contributed by atoms with van der Waals surface area (Å²) in [5.74, 6) is -0.845. The maximum Gasteiger partial charge on any atom is 0.345 e. The number of hydrogen-bond donors (Lipinski definition) is 2. The second-order valence-electron chi connectivity index (χ2n) is 4.34. The third-order valence-electron chi connectivity index (χ3n) is 3.21. The Kier molecular flexibility index (Phi) is 4.29. The van der Waals surface area contributed by atoms with Crippen molar-refractivity contribution in [1.29, 1.82) is 0 Å². The van der Waals surface area contributed by atoms with Gasteiger partial charge in [-0.05, 0) is 18.2 Å². The fourth-order valence-electron chi connectivity index (χ4n) is 2.33. The molecule has 4 nitrogen and oxygen atoms in total. The summed E-state index contributed by atoms with van der Waals surface area (Å²) in [6.45, 7) is 3.90. The topological polar surface area (TPSA) is 52.6 Å². The smallest absolute Gasteiger partial charge is 0.345 e. The Labute approximate surface area is 121 Å². The van der Waals surface area contributed by atoms with E-state index in [0.717, 1.165) is 42.0 Å². The van der Waals surface area contributed by atoms with Crippen molar-refractivity contribution in [2.24, 2.45) is 0 Å². The van der Waals surface area contributed by atoms with Crippen LogP contribution >= 0.6 is 23.7 Å². The number of nitrogens with one attached hydrogen (secondary N) is 1. The van der Waals surface area contributed by atoms with Crippen LogP contribution in [0.25, 0.3) is 10.1 Å². The zero-order valence-electron chi connectivity index (χ0n) is 10.3. The zero-order valence-corrected chi connectivity index (χ0v) is 11.9. The lowest BCUT2D eigenvalue weighted by Gasteiger charge is -2.30. The molecule has 0 aliphatic carbocycles. The molecular formula is C13H15ClN2O2S. The lowest BCUT2D eigenvalue weighted by atomic mass is 10.2. The Hall–Kier alpha value is -1.30. The van der Waals surface area contributed by atoms with E-state index in [0.29, 0.717) is 4.88 Å². The number of fused-ring (bicyclic) bond motifs is 1. The molecule has 0 amide bonds. The van der Waals surface area contributed by atoms with Crippen molar-refractivity contribution in [3.63, 3.8) is 0 Å². The molecule has 0 bridgehead atoms. The first-order chi connectivity index (χ1) is 8.75. The summed E-state index contributed by atoms with van der Waals surface area (Å²) in [7, 11) is 0. The molecule has 19 heavy (non-hydrogen) atoms. The van der Waals surface area contributed by atoms with E-state index in [1.165, 1.54) is 11.3 Å². The molecular weight excluding hydrogens is 284 g/mol. The van der Waals surface area contributed by atoms with Gasteiger partial charge in [0.05, 0.1) is 0 Å². The Morgan fingerprint density at radius 1 is 1.32 bits per heavy atom. The molecule has 2 N–H and O–H groups in total. The van der Waals surface area contributed by atoms with Crippen LogP contribution in [0.5, 0.6) is 0 Å². The van der Waals surface area contributed by atoms with Gasteiger partial charge in [-0.15, -0.1) is 23.7 Å². The first kappa shape index (κ1) is 14.1. The molecule has 3 rings (SSSR count). The second-order valence-corrected chi connectivity index (χ2v) is 5.43. The quantitative estimate of drug-likeness (QED) is 0.894. The summed E-state index contributed by atoms with van der Waals surface area (Å²) in [5.41, 5.74) is 1.15. The number of carboxylic acids is 1. The lowest BCUT2D eigenvalue weighted by molar-refractivity contribution is 0.0702. The van der Waals surface area contributed by atoms with Crippen LogP contribution in [0.15, 0.2) is 24.3 Å². The van der Waals surface area contributed by atoms with Gasteiger partial charge < -0.3 is 15.3 Å².